The van der Waals surface area contributed by atoms with E-state index in [0.717, 1.165) is 31.2 Å². The van der Waals surface area contributed by atoms with Crippen molar-refractivity contribution in [2.24, 2.45) is 5.41 Å². The summed E-state index contributed by atoms with van der Waals surface area (Å²) in [4.78, 5) is 12.3. The van der Waals surface area contributed by atoms with Crippen LogP contribution in [-0.2, 0) is 25.8 Å². The highest BCUT2D eigenvalue weighted by Gasteiger charge is 2.31. The topological polar surface area (TPSA) is 60.4 Å². The van der Waals surface area contributed by atoms with Gasteiger partial charge in [0.05, 0.1) is 17.4 Å². The van der Waals surface area contributed by atoms with Crippen molar-refractivity contribution < 1.29 is 17.9 Å². The van der Waals surface area contributed by atoms with E-state index in [1.54, 1.807) is 0 Å². The Balaban J connectivity index is 1.93. The van der Waals surface area contributed by atoms with Gasteiger partial charge in [0.2, 0.25) is 0 Å². The van der Waals surface area contributed by atoms with Crippen LogP contribution >= 0.6 is 0 Å². The summed E-state index contributed by atoms with van der Waals surface area (Å²) in [6, 6.07) is 9.90. The second-order valence-corrected chi connectivity index (χ2v) is 10.5. The average Bonchev–Trinajstić information content (AvgIpc) is 3.08. The Morgan fingerprint density at radius 2 is 1.76 bits per heavy atom. The van der Waals surface area contributed by atoms with E-state index in [-0.39, 0.29) is 28.9 Å². The molecule has 0 aromatic heterocycles. The predicted molar refractivity (Wildman–Crippen MR) is 100 cm³/mol. The zero-order valence-electron chi connectivity index (χ0n) is 15.5. The third kappa shape index (κ3) is 6.14. The van der Waals surface area contributed by atoms with Crippen LogP contribution in [0.1, 0.15) is 58.4 Å². The van der Waals surface area contributed by atoms with Crippen LogP contribution in [0.4, 0.5) is 0 Å². The van der Waals surface area contributed by atoms with Crippen LogP contribution in [-0.4, -0.2) is 31.5 Å². The third-order valence-corrected chi connectivity index (χ3v) is 7.16. The molecule has 0 N–H and O–H groups in total. The van der Waals surface area contributed by atoms with Gasteiger partial charge in [-0.05, 0) is 23.8 Å². The quantitative estimate of drug-likeness (QED) is 0.686. The number of rotatable bonds is 7. The maximum Gasteiger partial charge on any atom is 0.307 e. The molecule has 0 radical (unpaired) electrons. The number of sulfone groups is 1. The fourth-order valence-corrected chi connectivity index (χ4v) is 5.05. The van der Waals surface area contributed by atoms with Crippen LogP contribution in [0.3, 0.4) is 0 Å². The molecule has 1 saturated carbocycles. The maximum atomic E-state index is 12.3. The van der Waals surface area contributed by atoms with Crippen LogP contribution in [0.2, 0.25) is 0 Å². The van der Waals surface area contributed by atoms with Gasteiger partial charge in [0, 0.05) is 6.42 Å². The summed E-state index contributed by atoms with van der Waals surface area (Å²) in [6.07, 6.45) is 3.70. The Hall–Kier alpha value is -1.36. The van der Waals surface area contributed by atoms with Gasteiger partial charge in [-0.2, -0.15) is 0 Å². The molecular formula is C20H30O4S. The molecule has 0 spiro atoms. The molecule has 4 nitrogen and oxygen atoms in total. The van der Waals surface area contributed by atoms with E-state index in [1.165, 1.54) is 0 Å². The highest BCUT2D eigenvalue weighted by Crippen LogP contribution is 2.27. The van der Waals surface area contributed by atoms with Gasteiger partial charge in [0.25, 0.3) is 0 Å². The standard InChI is InChI=1S/C20H30O4S/c1-20(2,3)18(15-16-9-5-4-6-10-16)24-19(21)13-14-25(22,23)17-11-7-8-12-17/h4-6,9-10,17-18H,7-8,11-15H2,1-3H3. The molecule has 0 amide bonds. The van der Waals surface area contributed by atoms with Crippen LogP contribution in [0, 0.1) is 5.41 Å². The fourth-order valence-electron chi connectivity index (χ4n) is 3.21. The van der Waals surface area contributed by atoms with Gasteiger partial charge in [-0.3, -0.25) is 4.79 Å². The molecule has 5 heteroatoms. The SMILES string of the molecule is CC(C)(C)C(Cc1ccccc1)OC(=O)CCS(=O)(=O)C1CCCC1. The Morgan fingerprint density at radius 3 is 2.32 bits per heavy atom. The summed E-state index contributed by atoms with van der Waals surface area (Å²) in [5, 5.41) is -0.261. The molecule has 25 heavy (non-hydrogen) atoms. The Kier molecular flexibility index (Phi) is 6.66. The van der Waals surface area contributed by atoms with Gasteiger partial charge in [-0.15, -0.1) is 0 Å². The highest BCUT2D eigenvalue weighted by atomic mass is 32.2. The van der Waals surface area contributed by atoms with Crippen molar-refractivity contribution in [3.8, 4) is 0 Å². The van der Waals surface area contributed by atoms with E-state index in [1.807, 2.05) is 51.1 Å². The summed E-state index contributed by atoms with van der Waals surface area (Å²) in [5.41, 5.74) is 0.893. The highest BCUT2D eigenvalue weighted by molar-refractivity contribution is 7.92. The van der Waals surface area contributed by atoms with Crippen LogP contribution in [0.5, 0.6) is 0 Å². The zero-order valence-corrected chi connectivity index (χ0v) is 16.3. The normalized spacial score (nSPS) is 17.4. The Bertz CT molecular complexity index is 653. The lowest BCUT2D eigenvalue weighted by Crippen LogP contribution is -2.34. The van der Waals surface area contributed by atoms with Crippen molar-refractivity contribution >= 4 is 15.8 Å². The summed E-state index contributed by atoms with van der Waals surface area (Å²) >= 11 is 0. The molecular weight excluding hydrogens is 336 g/mol. The van der Waals surface area contributed by atoms with Gasteiger partial charge < -0.3 is 4.74 Å². The second-order valence-electron chi connectivity index (χ2n) is 8.06. The van der Waals surface area contributed by atoms with Crippen molar-refractivity contribution in [2.75, 3.05) is 5.75 Å². The summed E-state index contributed by atoms with van der Waals surface area (Å²) in [7, 11) is -3.19. The minimum absolute atomic E-state index is 0.0554. The van der Waals surface area contributed by atoms with E-state index in [0.29, 0.717) is 6.42 Å². The maximum absolute atomic E-state index is 12.3. The smallest absolute Gasteiger partial charge is 0.307 e. The van der Waals surface area contributed by atoms with Crippen molar-refractivity contribution in [2.45, 2.75) is 70.7 Å². The van der Waals surface area contributed by atoms with Gasteiger partial charge in [-0.1, -0.05) is 63.9 Å². The summed E-state index contributed by atoms with van der Waals surface area (Å²) < 4.78 is 30.3. The molecule has 1 aliphatic rings. The first-order valence-electron chi connectivity index (χ1n) is 9.13. The first-order valence-corrected chi connectivity index (χ1v) is 10.8. The Labute approximate surface area is 151 Å². The molecule has 0 saturated heterocycles. The van der Waals surface area contributed by atoms with E-state index >= 15 is 0 Å². The number of carbonyl (C=O) groups is 1. The number of carbonyl (C=O) groups excluding carboxylic acids is 1. The minimum Gasteiger partial charge on any atom is -0.461 e. The van der Waals surface area contributed by atoms with E-state index in [4.69, 9.17) is 4.74 Å². The summed E-state index contributed by atoms with van der Waals surface area (Å²) in [5.74, 6) is -0.518. The largest absolute Gasteiger partial charge is 0.461 e. The number of benzene rings is 1. The van der Waals surface area contributed by atoms with Crippen molar-refractivity contribution in [3.05, 3.63) is 35.9 Å². The molecule has 0 aliphatic heterocycles. The van der Waals surface area contributed by atoms with Gasteiger partial charge in [0.15, 0.2) is 9.84 Å². The van der Waals surface area contributed by atoms with Gasteiger partial charge in [0.1, 0.15) is 6.10 Å². The lowest BCUT2D eigenvalue weighted by molar-refractivity contribution is -0.154. The first-order chi connectivity index (χ1) is 11.7. The predicted octanol–water partition coefficient (Wildman–Crippen LogP) is 3.93. The van der Waals surface area contributed by atoms with Crippen molar-refractivity contribution in [1.82, 2.24) is 0 Å². The third-order valence-electron chi connectivity index (χ3n) is 4.90. The molecule has 1 aliphatic carbocycles. The lowest BCUT2D eigenvalue weighted by Gasteiger charge is -2.30. The van der Waals surface area contributed by atoms with Gasteiger partial charge in [-0.25, -0.2) is 8.42 Å². The lowest BCUT2D eigenvalue weighted by atomic mass is 9.85. The minimum atomic E-state index is -3.19. The molecule has 0 heterocycles. The molecule has 0 bridgehead atoms. The number of esters is 1. The second kappa shape index (κ2) is 8.35. The number of hydrogen-bond donors (Lipinski definition) is 0. The van der Waals surface area contributed by atoms with Crippen LogP contribution in [0.15, 0.2) is 30.3 Å². The molecule has 1 fully saturated rings. The van der Waals surface area contributed by atoms with Gasteiger partial charge >= 0.3 is 5.97 Å². The zero-order chi connectivity index (χ0) is 18.5. The molecule has 2 rings (SSSR count). The van der Waals surface area contributed by atoms with Crippen molar-refractivity contribution in [3.63, 3.8) is 0 Å². The molecule has 1 aromatic rings. The molecule has 1 unspecified atom stereocenters. The molecule has 140 valence electrons. The summed E-state index contributed by atoms with van der Waals surface area (Å²) in [6.45, 7) is 6.09. The molecule has 1 aromatic carbocycles. The Morgan fingerprint density at radius 1 is 1.16 bits per heavy atom. The monoisotopic (exact) mass is 366 g/mol. The van der Waals surface area contributed by atoms with Crippen molar-refractivity contribution in [1.29, 1.82) is 0 Å². The van der Waals surface area contributed by atoms with E-state index in [2.05, 4.69) is 0 Å². The van der Waals surface area contributed by atoms with Crippen LogP contribution in [0.25, 0.3) is 0 Å². The number of hydrogen-bond acceptors (Lipinski definition) is 4. The average molecular weight is 367 g/mol. The van der Waals surface area contributed by atoms with E-state index < -0.39 is 15.8 Å². The van der Waals surface area contributed by atoms with Crippen LogP contribution < -0.4 is 0 Å². The first kappa shape index (κ1) is 20.0. The van der Waals surface area contributed by atoms with E-state index in [9.17, 15) is 13.2 Å². The fraction of sp³-hybridized carbons (Fsp3) is 0.650. The number of ether oxygens (including phenoxy) is 1. The molecule has 1 atom stereocenters.